The van der Waals surface area contributed by atoms with Gasteiger partial charge in [0.25, 0.3) is 0 Å². The average Bonchev–Trinajstić information content (AvgIpc) is 3.20. The van der Waals surface area contributed by atoms with E-state index < -0.39 is 0 Å². The Bertz CT molecular complexity index is 1320. The van der Waals surface area contributed by atoms with Gasteiger partial charge in [0.05, 0.1) is 18.4 Å². The normalized spacial score (nSPS) is 10.3. The molecule has 0 aliphatic heterocycles. The van der Waals surface area contributed by atoms with Crippen LogP contribution in [0.1, 0.15) is 121 Å². The Morgan fingerprint density at radius 3 is 1.47 bits per heavy atom. The van der Waals surface area contributed by atoms with E-state index in [1.54, 1.807) is 6.07 Å². The molecule has 0 bridgehead atoms. The van der Waals surface area contributed by atoms with E-state index in [4.69, 9.17) is 21.1 Å². The Kier molecular flexibility index (Phi) is 54.9. The summed E-state index contributed by atoms with van der Waals surface area (Å²) in [6.45, 7) is 15.9. The molecule has 0 fully saturated rings. The van der Waals surface area contributed by atoms with E-state index in [1.165, 1.54) is 101 Å². The molecule has 0 aliphatic rings. The Balaban J connectivity index is -0.000000426. The third-order valence-electron chi connectivity index (χ3n) is 8.20. The monoisotopic (exact) mass is 829 g/mol. The molecule has 0 saturated heterocycles. The summed E-state index contributed by atoms with van der Waals surface area (Å²) in [5, 5.41) is 9.40. The van der Waals surface area contributed by atoms with Crippen LogP contribution in [0.2, 0.25) is 0 Å². The van der Waals surface area contributed by atoms with Crippen LogP contribution in [-0.4, -0.2) is 36.3 Å². The number of phenols is 1. The molecule has 7 heteroatoms. The zero-order valence-electron chi connectivity index (χ0n) is 35.4. The van der Waals surface area contributed by atoms with Gasteiger partial charge in [0.1, 0.15) is 31.3 Å². The average molecular weight is 830 g/mol. The summed E-state index contributed by atoms with van der Waals surface area (Å²) in [6.07, 6.45) is 46.0. The molecule has 0 amide bonds. The first-order valence-corrected chi connectivity index (χ1v) is 21.0. The Morgan fingerprint density at radius 2 is 0.983 bits per heavy atom. The van der Waals surface area contributed by atoms with Crippen molar-refractivity contribution >= 4 is 11.6 Å². The van der Waals surface area contributed by atoms with Crippen LogP contribution < -0.4 is 34.3 Å². The van der Waals surface area contributed by atoms with E-state index in [0.717, 1.165) is 44.3 Å². The number of alkyl halides is 1. The Morgan fingerprint density at radius 1 is 0.534 bits per heavy atom. The molecule has 2 rings (SSSR count). The zero-order valence-corrected chi connectivity index (χ0v) is 38.2. The summed E-state index contributed by atoms with van der Waals surface area (Å²) in [6, 6.07) is 16.0. The van der Waals surface area contributed by atoms with Crippen LogP contribution in [0.15, 0.2) is 148 Å². The van der Waals surface area contributed by atoms with E-state index in [1.807, 2.05) is 30.4 Å². The molecule has 0 radical (unpaired) electrons. The van der Waals surface area contributed by atoms with Crippen LogP contribution in [0.3, 0.4) is 0 Å². The number of phenolic OH excluding ortho intramolecular Hbond substituents is 1. The van der Waals surface area contributed by atoms with Crippen molar-refractivity contribution in [3.8, 4) is 11.5 Å². The second kappa shape index (κ2) is 51.8. The smallest absolute Gasteiger partial charge is 0.870 e. The fraction of sp³-hybridized carbons (Fsp3) is 0.451. The number of hydrogen-bond acceptors (Lipinski definition) is 5. The number of rotatable bonds is 32. The number of allylic oxidation sites excluding steroid dienone is 10. The van der Waals surface area contributed by atoms with E-state index in [9.17, 15) is 5.11 Å². The van der Waals surface area contributed by atoms with Gasteiger partial charge in [0, 0.05) is 0 Å². The van der Waals surface area contributed by atoms with Gasteiger partial charge in [-0.3, -0.25) is 0 Å². The largest absolute Gasteiger partial charge is 1.00 e. The van der Waals surface area contributed by atoms with Gasteiger partial charge in [-0.2, -0.15) is 0 Å². The molecule has 2 aromatic carbocycles. The number of halogens is 1. The predicted molar refractivity (Wildman–Crippen MR) is 250 cm³/mol. The second-order valence-electron chi connectivity index (χ2n) is 12.9. The van der Waals surface area contributed by atoms with Crippen LogP contribution in [0, 0.1) is 0 Å². The first kappa shape index (κ1) is 61.5. The SMILES string of the molecule is C.C=CC/C=C\C/C=C\CCCCCCCc1cccc(O)c1.C=CC/C=C\C/C=C\CCCCCCCc1cccc(OCCOC=C)c1.C=COCCCl.[Na+].[OH-]. The fourth-order valence-corrected chi connectivity index (χ4v) is 5.42. The van der Waals surface area contributed by atoms with E-state index in [0.29, 0.717) is 31.5 Å². The maximum Gasteiger partial charge on any atom is 1.00 e. The van der Waals surface area contributed by atoms with E-state index >= 15 is 0 Å². The van der Waals surface area contributed by atoms with Crippen molar-refractivity contribution in [2.24, 2.45) is 0 Å². The minimum absolute atomic E-state index is 0. The van der Waals surface area contributed by atoms with Gasteiger partial charge in [0.2, 0.25) is 0 Å². The number of unbranched alkanes of at least 4 members (excludes halogenated alkanes) is 10. The molecule has 0 atom stereocenters. The maximum atomic E-state index is 9.40. The van der Waals surface area contributed by atoms with Crippen molar-refractivity contribution in [2.45, 2.75) is 123 Å². The van der Waals surface area contributed by atoms with Crippen LogP contribution in [0.5, 0.6) is 11.5 Å². The van der Waals surface area contributed by atoms with E-state index in [-0.39, 0.29) is 42.5 Å². The van der Waals surface area contributed by atoms with Gasteiger partial charge in [-0.25, -0.2) is 0 Å². The van der Waals surface area contributed by atoms with Crippen molar-refractivity contribution < 1.29 is 54.4 Å². The summed E-state index contributed by atoms with van der Waals surface area (Å²) < 4.78 is 15.4. The Hall–Kier alpha value is -3.19. The minimum Gasteiger partial charge on any atom is -0.870 e. The number of ether oxygens (including phenoxy) is 3. The van der Waals surface area contributed by atoms with Crippen LogP contribution in [0.25, 0.3) is 0 Å². The fourth-order valence-electron chi connectivity index (χ4n) is 5.33. The Labute approximate surface area is 383 Å². The first-order valence-electron chi connectivity index (χ1n) is 20.4. The third-order valence-corrected chi connectivity index (χ3v) is 8.35. The summed E-state index contributed by atoms with van der Waals surface area (Å²) in [5.41, 5.74) is 2.59. The standard InChI is InChI=1S/C25H36O2.C21H30O.C4H7ClO.CH4.Na.H2O/c1-3-5-6-7-8-9-10-11-12-13-14-15-16-18-24-19-17-20-25(23-24)27-22-21-26-4-2;1-2-3-4-5-6-7-8-9-10-11-12-13-14-16-20-17-15-18-21(22)19-20;1-2-6-4-3-5;;;/h3-4,6-7,9-10,17,19-20,23H,1-2,5,8,11-16,18,21-22H2;2,4-5,7-8,15,17-19,22H,1,3,6,9-14,16H2;2H,1,3-4H2;1H4;;1H2/q;;;;+1;/p-1/b7-6-,10-9-;5-4-,8-7-;;;;. The summed E-state index contributed by atoms with van der Waals surface area (Å²) in [7, 11) is 0. The summed E-state index contributed by atoms with van der Waals surface area (Å²) >= 11 is 5.21. The molecule has 58 heavy (non-hydrogen) atoms. The van der Waals surface area contributed by atoms with Gasteiger partial charge in [-0.05, 0) is 112 Å². The maximum absolute atomic E-state index is 9.40. The molecule has 0 aliphatic carbocycles. The van der Waals surface area contributed by atoms with Crippen molar-refractivity contribution in [3.63, 3.8) is 0 Å². The second-order valence-corrected chi connectivity index (χ2v) is 13.3. The van der Waals surface area contributed by atoms with Gasteiger partial charge >= 0.3 is 29.6 Å². The number of hydrogen-bond donors (Lipinski definition) is 1. The van der Waals surface area contributed by atoms with Crippen molar-refractivity contribution in [1.29, 1.82) is 0 Å². The molecule has 2 aromatic rings. The third kappa shape index (κ3) is 45.5. The zero-order chi connectivity index (χ0) is 40.1. The number of aromatic hydroxyl groups is 1. The number of benzene rings is 2. The molecule has 320 valence electrons. The number of aryl methyl sites for hydroxylation is 2. The van der Waals surface area contributed by atoms with E-state index in [2.05, 4.69) is 104 Å². The molecule has 2 N–H and O–H groups in total. The van der Waals surface area contributed by atoms with Crippen molar-refractivity contribution in [2.75, 3.05) is 25.7 Å². The van der Waals surface area contributed by atoms with Gasteiger partial charge in [0.15, 0.2) is 0 Å². The van der Waals surface area contributed by atoms with Gasteiger partial charge < -0.3 is 24.8 Å². The molecule has 0 saturated carbocycles. The quantitative estimate of drug-likeness (QED) is 0.0261. The molecular weight excluding hydrogens is 751 g/mol. The molecule has 0 heterocycles. The predicted octanol–water partition coefficient (Wildman–Crippen LogP) is 12.4. The summed E-state index contributed by atoms with van der Waals surface area (Å²) in [5.74, 6) is 1.83. The molecule has 5 nitrogen and oxygen atoms in total. The molecular formula is C51H78ClNaO5. The van der Waals surface area contributed by atoms with Gasteiger partial charge in [-0.1, -0.05) is 144 Å². The van der Waals surface area contributed by atoms with Crippen LogP contribution in [0.4, 0.5) is 0 Å². The summed E-state index contributed by atoms with van der Waals surface area (Å²) in [4.78, 5) is 0. The minimum atomic E-state index is 0. The molecule has 0 spiro atoms. The van der Waals surface area contributed by atoms with Crippen molar-refractivity contribution in [1.82, 2.24) is 0 Å². The topological polar surface area (TPSA) is 77.9 Å². The first-order chi connectivity index (χ1) is 27.1. The van der Waals surface area contributed by atoms with Crippen LogP contribution in [-0.2, 0) is 22.3 Å². The van der Waals surface area contributed by atoms with Gasteiger partial charge in [-0.15, -0.1) is 24.8 Å². The van der Waals surface area contributed by atoms with Crippen LogP contribution >= 0.6 is 11.6 Å². The molecule has 0 unspecified atom stereocenters. The molecule has 0 aromatic heterocycles. The van der Waals surface area contributed by atoms with Crippen molar-refractivity contribution in [3.05, 3.63) is 159 Å².